The SMILES string of the molecule is COc1ccc(-c2nc(Cn3nnc(C(=O)Nc4ccc(OC)cc4OC)c3N)c(C)o2)cc1. The first kappa shape index (κ1) is 22.6. The highest BCUT2D eigenvalue weighted by Crippen LogP contribution is 2.30. The number of nitrogen functional groups attached to an aromatic ring is 1. The van der Waals surface area contributed by atoms with E-state index in [1.165, 1.54) is 11.8 Å². The largest absolute Gasteiger partial charge is 0.497 e. The zero-order chi connectivity index (χ0) is 24.2. The zero-order valence-corrected chi connectivity index (χ0v) is 19.2. The molecule has 0 radical (unpaired) electrons. The van der Waals surface area contributed by atoms with E-state index in [1.807, 2.05) is 24.3 Å². The quantitative estimate of drug-likeness (QED) is 0.402. The van der Waals surface area contributed by atoms with Crippen LogP contribution < -0.4 is 25.3 Å². The van der Waals surface area contributed by atoms with Gasteiger partial charge in [0.25, 0.3) is 5.91 Å². The van der Waals surface area contributed by atoms with Crippen LogP contribution in [-0.4, -0.2) is 47.2 Å². The smallest absolute Gasteiger partial charge is 0.280 e. The molecule has 0 aliphatic carbocycles. The van der Waals surface area contributed by atoms with Gasteiger partial charge >= 0.3 is 0 Å². The molecule has 11 heteroatoms. The number of ether oxygens (including phenoxy) is 3. The second kappa shape index (κ2) is 9.53. The molecule has 0 unspecified atom stereocenters. The van der Waals surface area contributed by atoms with Gasteiger partial charge in [-0.25, -0.2) is 9.67 Å². The van der Waals surface area contributed by atoms with Gasteiger partial charge < -0.3 is 29.7 Å². The van der Waals surface area contributed by atoms with Crippen molar-refractivity contribution in [1.82, 2.24) is 20.0 Å². The van der Waals surface area contributed by atoms with Crippen molar-refractivity contribution in [2.45, 2.75) is 13.5 Å². The number of carbonyl (C=O) groups excluding carboxylic acids is 1. The Kier molecular flexibility index (Phi) is 6.35. The standard InChI is InChI=1S/C23H24N6O5/c1-13-18(26-23(34-13)14-5-7-15(31-2)8-6-14)12-29-21(24)20(27-28-29)22(30)25-17-10-9-16(32-3)11-19(17)33-4/h5-11H,12,24H2,1-4H3,(H,25,30). The number of amides is 1. The molecule has 0 aliphatic rings. The maximum absolute atomic E-state index is 12.8. The molecule has 0 spiro atoms. The van der Waals surface area contributed by atoms with Crippen molar-refractivity contribution in [3.63, 3.8) is 0 Å². The number of anilines is 2. The minimum Gasteiger partial charge on any atom is -0.497 e. The minimum atomic E-state index is -0.525. The van der Waals surface area contributed by atoms with Gasteiger partial charge in [0, 0.05) is 11.6 Å². The van der Waals surface area contributed by atoms with Crippen molar-refractivity contribution in [2.75, 3.05) is 32.4 Å². The van der Waals surface area contributed by atoms with Crippen molar-refractivity contribution in [1.29, 1.82) is 0 Å². The van der Waals surface area contributed by atoms with Crippen molar-refractivity contribution in [3.8, 4) is 28.7 Å². The number of aromatic nitrogens is 4. The Bertz CT molecular complexity index is 1310. The highest BCUT2D eigenvalue weighted by Gasteiger charge is 2.21. The number of hydrogen-bond acceptors (Lipinski definition) is 9. The average Bonchev–Trinajstić information content (AvgIpc) is 3.41. The van der Waals surface area contributed by atoms with Gasteiger partial charge in [-0.15, -0.1) is 5.10 Å². The van der Waals surface area contributed by atoms with Crippen LogP contribution >= 0.6 is 0 Å². The van der Waals surface area contributed by atoms with Crippen LogP contribution in [0.4, 0.5) is 11.5 Å². The van der Waals surface area contributed by atoms with Gasteiger partial charge in [-0.3, -0.25) is 4.79 Å². The molecule has 0 atom stereocenters. The lowest BCUT2D eigenvalue weighted by Crippen LogP contribution is -2.16. The highest BCUT2D eigenvalue weighted by molar-refractivity contribution is 6.06. The van der Waals surface area contributed by atoms with E-state index in [0.717, 1.165) is 11.3 Å². The Hall–Kier alpha value is -4.54. The van der Waals surface area contributed by atoms with E-state index in [0.29, 0.717) is 34.5 Å². The lowest BCUT2D eigenvalue weighted by Gasteiger charge is -2.11. The molecule has 3 N–H and O–H groups in total. The van der Waals surface area contributed by atoms with Crippen molar-refractivity contribution in [2.24, 2.45) is 0 Å². The molecule has 0 saturated carbocycles. The molecule has 0 aliphatic heterocycles. The maximum atomic E-state index is 12.8. The fourth-order valence-electron chi connectivity index (χ4n) is 3.26. The van der Waals surface area contributed by atoms with Gasteiger partial charge in [-0.05, 0) is 43.3 Å². The molecule has 0 saturated heterocycles. The molecule has 2 aromatic heterocycles. The van der Waals surface area contributed by atoms with E-state index in [-0.39, 0.29) is 18.1 Å². The normalized spacial score (nSPS) is 10.7. The summed E-state index contributed by atoms with van der Waals surface area (Å²) in [6.45, 7) is 1.98. The van der Waals surface area contributed by atoms with Crippen LogP contribution in [0, 0.1) is 6.92 Å². The predicted molar refractivity (Wildman–Crippen MR) is 124 cm³/mol. The Morgan fingerprint density at radius 2 is 1.76 bits per heavy atom. The topological polar surface area (TPSA) is 140 Å². The lowest BCUT2D eigenvalue weighted by molar-refractivity contribution is 0.102. The minimum absolute atomic E-state index is 0.0191. The third-order valence-electron chi connectivity index (χ3n) is 5.17. The van der Waals surface area contributed by atoms with E-state index >= 15 is 0 Å². The summed E-state index contributed by atoms with van der Waals surface area (Å²) in [6.07, 6.45) is 0. The summed E-state index contributed by atoms with van der Waals surface area (Å²) in [6, 6.07) is 12.4. The van der Waals surface area contributed by atoms with Crippen LogP contribution in [0.25, 0.3) is 11.5 Å². The highest BCUT2D eigenvalue weighted by atomic mass is 16.5. The summed E-state index contributed by atoms with van der Waals surface area (Å²) in [5.74, 6) is 2.40. The Balaban J connectivity index is 1.52. The second-order valence-electron chi connectivity index (χ2n) is 7.25. The monoisotopic (exact) mass is 464 g/mol. The van der Waals surface area contributed by atoms with Crippen LogP contribution in [-0.2, 0) is 6.54 Å². The third kappa shape index (κ3) is 4.49. The first-order chi connectivity index (χ1) is 16.4. The van der Waals surface area contributed by atoms with Crippen molar-refractivity contribution >= 4 is 17.4 Å². The average molecular weight is 464 g/mol. The Morgan fingerprint density at radius 3 is 2.44 bits per heavy atom. The predicted octanol–water partition coefficient (Wildman–Crippen LogP) is 3.15. The van der Waals surface area contributed by atoms with Crippen LogP contribution in [0.2, 0.25) is 0 Å². The zero-order valence-electron chi connectivity index (χ0n) is 19.2. The molecule has 176 valence electrons. The number of nitrogens with one attached hydrogen (secondary N) is 1. The van der Waals surface area contributed by atoms with Crippen molar-refractivity contribution in [3.05, 3.63) is 59.6 Å². The molecule has 0 fully saturated rings. The molecule has 11 nitrogen and oxygen atoms in total. The lowest BCUT2D eigenvalue weighted by atomic mass is 10.2. The number of nitrogens with two attached hydrogens (primary N) is 1. The molecule has 2 aromatic carbocycles. The number of hydrogen-bond donors (Lipinski definition) is 2. The van der Waals surface area contributed by atoms with Gasteiger partial charge in [-0.1, -0.05) is 5.21 Å². The molecule has 0 bridgehead atoms. The number of nitrogens with zero attached hydrogens (tertiary/aromatic N) is 4. The number of aryl methyl sites for hydroxylation is 1. The van der Waals surface area contributed by atoms with Crippen molar-refractivity contribution < 1.29 is 23.4 Å². The van der Waals surface area contributed by atoms with E-state index in [1.54, 1.807) is 39.3 Å². The third-order valence-corrected chi connectivity index (χ3v) is 5.17. The summed E-state index contributed by atoms with van der Waals surface area (Å²) in [5.41, 5.74) is 8.02. The Morgan fingerprint density at radius 1 is 1.06 bits per heavy atom. The molecular weight excluding hydrogens is 440 g/mol. The van der Waals surface area contributed by atoms with Crippen LogP contribution in [0.3, 0.4) is 0 Å². The fourth-order valence-corrected chi connectivity index (χ4v) is 3.26. The van der Waals surface area contributed by atoms with Gasteiger partial charge in [0.05, 0.1) is 33.6 Å². The summed E-state index contributed by atoms with van der Waals surface area (Å²) in [5, 5.41) is 10.7. The number of carbonyl (C=O) groups is 1. The fraction of sp³-hybridized carbons (Fsp3) is 0.217. The van der Waals surface area contributed by atoms with E-state index in [9.17, 15) is 4.79 Å². The summed E-state index contributed by atoms with van der Waals surface area (Å²) >= 11 is 0. The summed E-state index contributed by atoms with van der Waals surface area (Å²) < 4.78 is 22.9. The summed E-state index contributed by atoms with van der Waals surface area (Å²) in [4.78, 5) is 17.3. The number of benzene rings is 2. The van der Waals surface area contributed by atoms with Gasteiger partial charge in [0.1, 0.15) is 28.7 Å². The number of methoxy groups -OCH3 is 3. The van der Waals surface area contributed by atoms with Gasteiger partial charge in [-0.2, -0.15) is 0 Å². The number of oxazole rings is 1. The molecular formula is C23H24N6O5. The number of rotatable bonds is 8. The molecule has 1 amide bonds. The van der Waals surface area contributed by atoms with Gasteiger partial charge in [0.15, 0.2) is 11.5 Å². The first-order valence-electron chi connectivity index (χ1n) is 10.3. The van der Waals surface area contributed by atoms with Gasteiger partial charge in [0.2, 0.25) is 5.89 Å². The summed E-state index contributed by atoms with van der Waals surface area (Å²) in [7, 11) is 4.64. The molecule has 2 heterocycles. The van der Waals surface area contributed by atoms with Crippen LogP contribution in [0.15, 0.2) is 46.9 Å². The molecule has 4 rings (SSSR count). The van der Waals surface area contributed by atoms with Crippen LogP contribution in [0.1, 0.15) is 21.9 Å². The molecule has 34 heavy (non-hydrogen) atoms. The van der Waals surface area contributed by atoms with E-state index in [2.05, 4.69) is 20.6 Å². The second-order valence-corrected chi connectivity index (χ2v) is 7.25. The molecule has 4 aromatic rings. The first-order valence-corrected chi connectivity index (χ1v) is 10.3. The van der Waals surface area contributed by atoms with E-state index < -0.39 is 5.91 Å². The van der Waals surface area contributed by atoms with E-state index in [4.69, 9.17) is 24.4 Å². The Labute approximate surface area is 195 Å². The van der Waals surface area contributed by atoms with Crippen LogP contribution in [0.5, 0.6) is 17.2 Å². The maximum Gasteiger partial charge on any atom is 0.280 e.